The van der Waals surface area contributed by atoms with E-state index in [9.17, 15) is 5.11 Å². The Hall–Kier alpha value is -1.67. The molecule has 94 valence electrons. The summed E-state index contributed by atoms with van der Waals surface area (Å²) in [4.78, 5) is 4.07. The Kier molecular flexibility index (Phi) is 3.48. The van der Waals surface area contributed by atoms with Gasteiger partial charge in [-0.25, -0.2) is 0 Å². The molecule has 1 aromatic heterocycles. The van der Waals surface area contributed by atoms with Crippen LogP contribution < -0.4 is 0 Å². The van der Waals surface area contributed by atoms with E-state index >= 15 is 0 Å². The number of aromatic nitrogens is 1. The van der Waals surface area contributed by atoms with Crippen LogP contribution in [0.5, 0.6) is 0 Å². The quantitative estimate of drug-likeness (QED) is 0.895. The minimum atomic E-state index is -0.880. The average Bonchev–Trinajstić information content (AvgIpc) is 2.28. The van der Waals surface area contributed by atoms with Crippen LogP contribution in [-0.4, -0.2) is 10.1 Å². The lowest BCUT2D eigenvalue weighted by atomic mass is 9.89. The van der Waals surface area contributed by atoms with Gasteiger partial charge in [0.2, 0.25) is 0 Å². The number of benzene rings is 1. The summed E-state index contributed by atoms with van der Waals surface area (Å²) in [6.07, 6.45) is 4.04. The maximum atomic E-state index is 10.6. The van der Waals surface area contributed by atoms with Crippen molar-refractivity contribution < 1.29 is 5.11 Å². The van der Waals surface area contributed by atoms with Crippen LogP contribution >= 0.6 is 0 Å². The van der Waals surface area contributed by atoms with Crippen LogP contribution in [0.15, 0.2) is 42.7 Å². The first kappa shape index (κ1) is 12.8. The molecule has 0 aliphatic heterocycles. The smallest absolute Gasteiger partial charge is 0.0923 e. The molecule has 0 fully saturated rings. The van der Waals surface area contributed by atoms with Crippen molar-refractivity contribution in [1.82, 2.24) is 4.98 Å². The predicted octanol–water partition coefficient (Wildman–Crippen LogP) is 3.15. The number of rotatable bonds is 3. The van der Waals surface area contributed by atoms with Gasteiger partial charge in [0.15, 0.2) is 0 Å². The molecule has 0 bridgehead atoms. The lowest BCUT2D eigenvalue weighted by Crippen LogP contribution is -2.24. The zero-order valence-electron chi connectivity index (χ0n) is 11.1. The molecule has 1 N–H and O–H groups in total. The fraction of sp³-hybridized carbons (Fsp3) is 0.312. The summed E-state index contributed by atoms with van der Waals surface area (Å²) in [6, 6.07) is 10.2. The second-order valence-electron chi connectivity index (χ2n) is 5.19. The Morgan fingerprint density at radius 1 is 1.17 bits per heavy atom. The minimum Gasteiger partial charge on any atom is -0.385 e. The normalized spacial score (nSPS) is 14.2. The average molecular weight is 241 g/mol. The van der Waals surface area contributed by atoms with Crippen LogP contribution in [-0.2, 0) is 12.0 Å². The Morgan fingerprint density at radius 3 is 2.39 bits per heavy atom. The first-order chi connectivity index (χ1) is 8.47. The molecule has 0 radical (unpaired) electrons. The first-order valence-electron chi connectivity index (χ1n) is 6.17. The number of hydrogen-bond donors (Lipinski definition) is 1. The Balaban J connectivity index is 2.27. The van der Waals surface area contributed by atoms with Crippen LogP contribution in [0.2, 0.25) is 0 Å². The Bertz CT molecular complexity index is 512. The van der Waals surface area contributed by atoms with Gasteiger partial charge in [0.05, 0.1) is 5.60 Å². The second kappa shape index (κ2) is 4.91. The zero-order chi connectivity index (χ0) is 13.2. The number of pyridine rings is 1. The van der Waals surface area contributed by atoms with Gasteiger partial charge in [-0.3, -0.25) is 4.98 Å². The standard InChI is InChI=1S/C16H19NO/c1-12-7-13(2)9-14(8-12)10-16(3,18)15-5-4-6-17-11-15/h4-9,11,18H,10H2,1-3H3. The largest absolute Gasteiger partial charge is 0.385 e. The molecule has 2 rings (SSSR count). The molecule has 0 aliphatic rings. The third-order valence-electron chi connectivity index (χ3n) is 3.11. The molecule has 1 atom stereocenters. The van der Waals surface area contributed by atoms with E-state index in [0.29, 0.717) is 6.42 Å². The van der Waals surface area contributed by atoms with Gasteiger partial charge >= 0.3 is 0 Å². The molecule has 0 saturated heterocycles. The van der Waals surface area contributed by atoms with Gasteiger partial charge in [0.25, 0.3) is 0 Å². The molecule has 1 unspecified atom stereocenters. The van der Waals surface area contributed by atoms with Crippen molar-refractivity contribution in [1.29, 1.82) is 0 Å². The van der Waals surface area contributed by atoms with Crippen molar-refractivity contribution in [3.8, 4) is 0 Å². The molecule has 2 heteroatoms. The van der Waals surface area contributed by atoms with Gasteiger partial charge in [-0.1, -0.05) is 35.4 Å². The highest BCUT2D eigenvalue weighted by atomic mass is 16.3. The minimum absolute atomic E-state index is 0.598. The van der Waals surface area contributed by atoms with Crippen LogP contribution in [0.1, 0.15) is 29.2 Å². The van der Waals surface area contributed by atoms with Crippen LogP contribution in [0, 0.1) is 13.8 Å². The van der Waals surface area contributed by atoms with E-state index in [-0.39, 0.29) is 0 Å². The topological polar surface area (TPSA) is 33.1 Å². The van der Waals surface area contributed by atoms with Gasteiger partial charge in [-0.15, -0.1) is 0 Å². The van der Waals surface area contributed by atoms with Gasteiger partial charge in [0.1, 0.15) is 0 Å². The molecule has 0 aliphatic carbocycles. The molecule has 0 amide bonds. The van der Waals surface area contributed by atoms with E-state index < -0.39 is 5.60 Å². The van der Waals surface area contributed by atoms with Crippen LogP contribution in [0.25, 0.3) is 0 Å². The summed E-state index contributed by atoms with van der Waals surface area (Å²) in [5.41, 5.74) is 3.58. The molecule has 0 saturated carbocycles. The number of nitrogens with zero attached hydrogens (tertiary/aromatic N) is 1. The zero-order valence-corrected chi connectivity index (χ0v) is 11.1. The SMILES string of the molecule is Cc1cc(C)cc(CC(C)(O)c2cccnc2)c1. The van der Waals surface area contributed by atoms with Crippen molar-refractivity contribution in [2.45, 2.75) is 32.8 Å². The Labute approximate surface area is 108 Å². The monoisotopic (exact) mass is 241 g/mol. The predicted molar refractivity (Wildman–Crippen MR) is 73.4 cm³/mol. The molecule has 2 nitrogen and oxygen atoms in total. The highest BCUT2D eigenvalue weighted by Crippen LogP contribution is 2.25. The van der Waals surface area contributed by atoms with Crippen LogP contribution in [0.4, 0.5) is 0 Å². The summed E-state index contributed by atoms with van der Waals surface area (Å²) in [5.74, 6) is 0. The number of aliphatic hydroxyl groups is 1. The van der Waals surface area contributed by atoms with Crippen molar-refractivity contribution in [3.05, 3.63) is 65.0 Å². The first-order valence-corrected chi connectivity index (χ1v) is 6.17. The summed E-state index contributed by atoms with van der Waals surface area (Å²) in [7, 11) is 0. The second-order valence-corrected chi connectivity index (χ2v) is 5.19. The van der Waals surface area contributed by atoms with Gasteiger partial charge in [-0.2, -0.15) is 0 Å². The molecule has 1 heterocycles. The lowest BCUT2D eigenvalue weighted by molar-refractivity contribution is 0.0572. The van der Waals surface area contributed by atoms with Crippen molar-refractivity contribution >= 4 is 0 Å². The van der Waals surface area contributed by atoms with Crippen molar-refractivity contribution in [3.63, 3.8) is 0 Å². The molecular weight excluding hydrogens is 222 g/mol. The molecule has 0 spiro atoms. The number of aryl methyl sites for hydroxylation is 2. The molecule has 1 aromatic carbocycles. The van der Waals surface area contributed by atoms with Crippen molar-refractivity contribution in [2.75, 3.05) is 0 Å². The maximum absolute atomic E-state index is 10.6. The molecule has 18 heavy (non-hydrogen) atoms. The van der Waals surface area contributed by atoms with Gasteiger partial charge in [-0.05, 0) is 32.4 Å². The van der Waals surface area contributed by atoms with E-state index in [1.807, 2.05) is 19.1 Å². The van der Waals surface area contributed by atoms with E-state index in [1.165, 1.54) is 11.1 Å². The third kappa shape index (κ3) is 2.96. The molecule has 2 aromatic rings. The van der Waals surface area contributed by atoms with Gasteiger partial charge < -0.3 is 5.11 Å². The molecular formula is C16H19NO. The summed E-state index contributed by atoms with van der Waals surface area (Å²) < 4.78 is 0. The number of hydrogen-bond acceptors (Lipinski definition) is 2. The highest BCUT2D eigenvalue weighted by molar-refractivity contribution is 5.31. The van der Waals surface area contributed by atoms with Crippen molar-refractivity contribution in [2.24, 2.45) is 0 Å². The van der Waals surface area contributed by atoms with E-state index in [4.69, 9.17) is 0 Å². The lowest BCUT2D eigenvalue weighted by Gasteiger charge is -2.24. The summed E-state index contributed by atoms with van der Waals surface area (Å²) in [6.45, 7) is 5.99. The highest BCUT2D eigenvalue weighted by Gasteiger charge is 2.23. The van der Waals surface area contributed by atoms with E-state index in [0.717, 1.165) is 11.1 Å². The maximum Gasteiger partial charge on any atom is 0.0923 e. The fourth-order valence-electron chi connectivity index (χ4n) is 2.35. The van der Waals surface area contributed by atoms with Gasteiger partial charge in [0, 0.05) is 24.4 Å². The Morgan fingerprint density at radius 2 is 1.83 bits per heavy atom. The van der Waals surface area contributed by atoms with E-state index in [1.54, 1.807) is 12.4 Å². The summed E-state index contributed by atoms with van der Waals surface area (Å²) in [5, 5.41) is 10.6. The fourth-order valence-corrected chi connectivity index (χ4v) is 2.35. The summed E-state index contributed by atoms with van der Waals surface area (Å²) >= 11 is 0. The third-order valence-corrected chi connectivity index (χ3v) is 3.11. The van der Waals surface area contributed by atoms with E-state index in [2.05, 4.69) is 37.0 Å². The van der Waals surface area contributed by atoms with Crippen LogP contribution in [0.3, 0.4) is 0 Å².